The van der Waals surface area contributed by atoms with E-state index in [0.29, 0.717) is 27.8 Å². The van der Waals surface area contributed by atoms with Crippen molar-refractivity contribution in [1.82, 2.24) is 4.90 Å². The third-order valence-corrected chi connectivity index (χ3v) is 6.22. The number of nitrogens with zero attached hydrogens (tertiary/aromatic N) is 1. The number of hydrogen-bond acceptors (Lipinski definition) is 6. The molecule has 1 aliphatic rings. The Kier molecular flexibility index (Phi) is 8.58. The third-order valence-electron chi connectivity index (χ3n) is 4.85. The molecule has 2 aromatic rings. The van der Waals surface area contributed by atoms with E-state index in [0.717, 1.165) is 30.5 Å². The molecule has 0 aromatic heterocycles. The first-order chi connectivity index (χ1) is 15.5. The number of benzene rings is 2. The van der Waals surface area contributed by atoms with Gasteiger partial charge in [0.05, 0.1) is 17.6 Å². The van der Waals surface area contributed by atoms with Crippen molar-refractivity contribution < 1.29 is 19.1 Å². The van der Waals surface area contributed by atoms with Crippen LogP contribution in [0, 0.1) is 0 Å². The molecule has 1 heterocycles. The van der Waals surface area contributed by atoms with E-state index in [1.165, 1.54) is 18.9 Å². The molecule has 0 aliphatic carbocycles. The number of anilines is 1. The SMILES string of the molecule is COC(=O)c1ccc(C=C2SC(=S)N(CCCCCC(=O)Nc3ccccc3)C2=O)cc1. The predicted molar refractivity (Wildman–Crippen MR) is 131 cm³/mol. The van der Waals surface area contributed by atoms with Crippen molar-refractivity contribution in [1.29, 1.82) is 0 Å². The fourth-order valence-electron chi connectivity index (χ4n) is 3.15. The number of unbranched alkanes of at least 4 members (excludes halogenated alkanes) is 2. The van der Waals surface area contributed by atoms with E-state index in [9.17, 15) is 14.4 Å². The Morgan fingerprint density at radius 1 is 1.06 bits per heavy atom. The lowest BCUT2D eigenvalue weighted by Gasteiger charge is -2.14. The molecule has 166 valence electrons. The van der Waals surface area contributed by atoms with Crippen molar-refractivity contribution in [3.8, 4) is 0 Å². The van der Waals surface area contributed by atoms with Crippen LogP contribution in [-0.4, -0.2) is 40.7 Å². The minimum Gasteiger partial charge on any atom is -0.465 e. The number of methoxy groups -OCH3 is 1. The number of thioether (sulfide) groups is 1. The zero-order valence-corrected chi connectivity index (χ0v) is 19.3. The Bertz CT molecular complexity index is 1020. The lowest BCUT2D eigenvalue weighted by molar-refractivity contribution is -0.122. The van der Waals surface area contributed by atoms with E-state index >= 15 is 0 Å². The van der Waals surface area contributed by atoms with Crippen LogP contribution in [0.3, 0.4) is 0 Å². The first-order valence-electron chi connectivity index (χ1n) is 10.3. The quantitative estimate of drug-likeness (QED) is 0.245. The highest BCUT2D eigenvalue weighted by atomic mass is 32.2. The molecule has 2 aromatic carbocycles. The number of para-hydroxylation sites is 1. The summed E-state index contributed by atoms with van der Waals surface area (Å²) in [4.78, 5) is 38.4. The largest absolute Gasteiger partial charge is 0.465 e. The summed E-state index contributed by atoms with van der Waals surface area (Å²) >= 11 is 6.65. The highest BCUT2D eigenvalue weighted by molar-refractivity contribution is 8.26. The van der Waals surface area contributed by atoms with Crippen LogP contribution in [0.5, 0.6) is 0 Å². The zero-order chi connectivity index (χ0) is 22.9. The van der Waals surface area contributed by atoms with Crippen LogP contribution in [0.4, 0.5) is 5.69 Å². The van der Waals surface area contributed by atoms with Crippen molar-refractivity contribution in [2.45, 2.75) is 25.7 Å². The second-order valence-corrected chi connectivity index (χ2v) is 8.85. The van der Waals surface area contributed by atoms with Gasteiger partial charge in [-0.25, -0.2) is 4.79 Å². The summed E-state index contributed by atoms with van der Waals surface area (Å²) in [5.74, 6) is -0.526. The van der Waals surface area contributed by atoms with Crippen molar-refractivity contribution in [2.75, 3.05) is 19.0 Å². The summed E-state index contributed by atoms with van der Waals surface area (Å²) < 4.78 is 5.23. The van der Waals surface area contributed by atoms with Gasteiger partial charge in [-0.3, -0.25) is 14.5 Å². The number of hydrogen-bond donors (Lipinski definition) is 1. The Balaban J connectivity index is 1.44. The highest BCUT2D eigenvalue weighted by Crippen LogP contribution is 2.32. The molecule has 0 bridgehead atoms. The van der Waals surface area contributed by atoms with Gasteiger partial charge in [-0.1, -0.05) is 60.7 Å². The molecule has 1 fully saturated rings. The molecule has 0 atom stereocenters. The van der Waals surface area contributed by atoms with E-state index in [-0.39, 0.29) is 11.8 Å². The average Bonchev–Trinajstić information content (AvgIpc) is 3.06. The molecule has 1 N–H and O–H groups in total. The average molecular weight is 469 g/mol. The smallest absolute Gasteiger partial charge is 0.337 e. The molecule has 1 saturated heterocycles. The molecule has 32 heavy (non-hydrogen) atoms. The van der Waals surface area contributed by atoms with Gasteiger partial charge in [-0.05, 0) is 48.7 Å². The van der Waals surface area contributed by atoms with Gasteiger partial charge in [0.2, 0.25) is 5.91 Å². The molecule has 0 spiro atoms. The monoisotopic (exact) mass is 468 g/mol. The maximum Gasteiger partial charge on any atom is 0.337 e. The Labute approximate surface area is 197 Å². The molecule has 0 unspecified atom stereocenters. The van der Waals surface area contributed by atoms with Crippen molar-refractivity contribution >= 4 is 57.8 Å². The number of rotatable bonds is 9. The van der Waals surface area contributed by atoms with Crippen molar-refractivity contribution in [3.63, 3.8) is 0 Å². The predicted octanol–water partition coefficient (Wildman–Crippen LogP) is 4.87. The van der Waals surface area contributed by atoms with E-state index in [1.54, 1.807) is 35.2 Å². The number of carbonyl (C=O) groups is 3. The highest BCUT2D eigenvalue weighted by Gasteiger charge is 2.31. The van der Waals surface area contributed by atoms with E-state index in [1.807, 2.05) is 30.3 Å². The van der Waals surface area contributed by atoms with Crippen LogP contribution >= 0.6 is 24.0 Å². The molecule has 8 heteroatoms. The fourth-order valence-corrected chi connectivity index (χ4v) is 4.46. The van der Waals surface area contributed by atoms with Gasteiger partial charge < -0.3 is 10.1 Å². The second-order valence-electron chi connectivity index (χ2n) is 7.17. The van der Waals surface area contributed by atoms with Gasteiger partial charge >= 0.3 is 5.97 Å². The number of amides is 2. The Hall–Kier alpha value is -2.97. The van der Waals surface area contributed by atoms with Crippen LogP contribution in [0.1, 0.15) is 41.6 Å². The summed E-state index contributed by atoms with van der Waals surface area (Å²) in [5.41, 5.74) is 2.05. The number of esters is 1. The number of thiocarbonyl (C=S) groups is 1. The second kappa shape index (κ2) is 11.6. The van der Waals surface area contributed by atoms with E-state index in [2.05, 4.69) is 5.32 Å². The fraction of sp³-hybridized carbons (Fsp3) is 0.250. The van der Waals surface area contributed by atoms with Crippen molar-refractivity contribution in [3.05, 3.63) is 70.6 Å². The van der Waals surface area contributed by atoms with Crippen LogP contribution < -0.4 is 5.32 Å². The molecule has 1 aliphatic heterocycles. The summed E-state index contributed by atoms with van der Waals surface area (Å²) in [6, 6.07) is 16.2. The molecule has 0 saturated carbocycles. The van der Waals surface area contributed by atoms with Gasteiger partial charge in [-0.2, -0.15) is 0 Å². The molecule has 2 amide bonds. The molecular formula is C24H24N2O4S2. The van der Waals surface area contributed by atoms with Gasteiger partial charge in [-0.15, -0.1) is 0 Å². The van der Waals surface area contributed by atoms with E-state index in [4.69, 9.17) is 17.0 Å². The molecular weight excluding hydrogens is 444 g/mol. The first-order valence-corrected chi connectivity index (χ1v) is 11.5. The lowest BCUT2D eigenvalue weighted by atomic mass is 10.1. The van der Waals surface area contributed by atoms with Gasteiger partial charge in [0.1, 0.15) is 4.32 Å². The zero-order valence-electron chi connectivity index (χ0n) is 17.7. The van der Waals surface area contributed by atoms with Gasteiger partial charge in [0.15, 0.2) is 0 Å². The minimum absolute atomic E-state index is 0.0111. The van der Waals surface area contributed by atoms with Crippen LogP contribution in [0.2, 0.25) is 0 Å². The van der Waals surface area contributed by atoms with E-state index < -0.39 is 5.97 Å². The molecule has 6 nitrogen and oxygen atoms in total. The van der Waals surface area contributed by atoms with Crippen molar-refractivity contribution in [2.24, 2.45) is 0 Å². The standard InChI is InChI=1S/C24H24N2O4S2/c1-30-23(29)18-13-11-17(12-14-18)16-20-22(28)26(24(31)32-20)15-7-3-6-10-21(27)25-19-8-4-2-5-9-19/h2,4-5,8-9,11-14,16H,3,6-7,10,15H2,1H3,(H,25,27). The van der Waals surface area contributed by atoms with Crippen LogP contribution in [0.15, 0.2) is 59.5 Å². The normalized spacial score (nSPS) is 14.7. The third kappa shape index (κ3) is 6.51. The number of nitrogens with one attached hydrogen (secondary N) is 1. The lowest BCUT2D eigenvalue weighted by Crippen LogP contribution is -2.29. The molecule has 0 radical (unpaired) electrons. The van der Waals surface area contributed by atoms with Gasteiger partial charge in [0, 0.05) is 18.7 Å². The summed E-state index contributed by atoms with van der Waals surface area (Å²) in [6.07, 6.45) is 4.55. The molecule has 3 rings (SSSR count). The topological polar surface area (TPSA) is 75.7 Å². The van der Waals surface area contributed by atoms with Crippen LogP contribution in [0.25, 0.3) is 6.08 Å². The number of ether oxygens (including phenoxy) is 1. The summed E-state index contributed by atoms with van der Waals surface area (Å²) in [7, 11) is 1.33. The number of carbonyl (C=O) groups excluding carboxylic acids is 3. The first kappa shape index (κ1) is 23.7. The maximum absolute atomic E-state index is 12.7. The maximum atomic E-state index is 12.7. The summed E-state index contributed by atoms with van der Waals surface area (Å²) in [5, 5.41) is 2.87. The summed E-state index contributed by atoms with van der Waals surface area (Å²) in [6.45, 7) is 0.531. The minimum atomic E-state index is -0.402. The van der Waals surface area contributed by atoms with Crippen LogP contribution in [-0.2, 0) is 14.3 Å². The Morgan fingerprint density at radius 3 is 2.47 bits per heavy atom. The van der Waals surface area contributed by atoms with Gasteiger partial charge in [0.25, 0.3) is 5.91 Å². The Morgan fingerprint density at radius 2 is 1.78 bits per heavy atom.